The Bertz CT molecular complexity index is 734. The molecule has 0 saturated heterocycles. The largest absolute Gasteiger partial charge is 0.506 e. The number of pyridine rings is 1. The standard InChI is InChI=1S/C12H11FN2O4S/c1-19-11-4-2-3-10(16)12(11)15-20(17,18)9-5-8(13)6-14-7-9/h2-7,15-16H,1H3. The van der Waals surface area contributed by atoms with Gasteiger partial charge in [-0.3, -0.25) is 9.71 Å². The number of phenolic OH excluding ortho intramolecular Hbond substituents is 1. The molecule has 0 saturated carbocycles. The smallest absolute Gasteiger partial charge is 0.263 e. The lowest BCUT2D eigenvalue weighted by Crippen LogP contribution is -2.14. The van der Waals surface area contributed by atoms with Gasteiger partial charge in [0.05, 0.1) is 13.3 Å². The molecule has 0 atom stereocenters. The number of methoxy groups -OCH3 is 1. The SMILES string of the molecule is COc1cccc(O)c1NS(=O)(=O)c1cncc(F)c1. The number of para-hydroxylation sites is 1. The van der Waals surface area contributed by atoms with E-state index < -0.39 is 15.8 Å². The van der Waals surface area contributed by atoms with Crippen LogP contribution in [0.15, 0.2) is 41.6 Å². The van der Waals surface area contributed by atoms with E-state index in [0.29, 0.717) is 0 Å². The second kappa shape index (κ2) is 5.33. The van der Waals surface area contributed by atoms with Gasteiger partial charge in [0.15, 0.2) is 0 Å². The molecule has 106 valence electrons. The number of ether oxygens (including phenoxy) is 1. The third-order valence-electron chi connectivity index (χ3n) is 2.45. The maximum Gasteiger partial charge on any atom is 0.263 e. The van der Waals surface area contributed by atoms with Gasteiger partial charge < -0.3 is 9.84 Å². The molecule has 0 fully saturated rings. The number of hydrogen-bond donors (Lipinski definition) is 2. The van der Waals surface area contributed by atoms with Crippen LogP contribution in [0.1, 0.15) is 0 Å². The van der Waals surface area contributed by atoms with Crippen molar-refractivity contribution in [1.29, 1.82) is 0 Å². The molecule has 1 aromatic carbocycles. The first-order valence-corrected chi connectivity index (χ1v) is 6.91. The maximum absolute atomic E-state index is 13.0. The minimum absolute atomic E-state index is 0.126. The fourth-order valence-corrected chi connectivity index (χ4v) is 2.58. The molecule has 2 aromatic rings. The number of halogens is 1. The third-order valence-corrected chi connectivity index (χ3v) is 3.77. The van der Waals surface area contributed by atoms with E-state index in [9.17, 15) is 17.9 Å². The summed E-state index contributed by atoms with van der Waals surface area (Å²) in [4.78, 5) is 3.11. The molecule has 0 spiro atoms. The van der Waals surface area contributed by atoms with Crippen molar-refractivity contribution in [1.82, 2.24) is 4.98 Å². The molecule has 20 heavy (non-hydrogen) atoms. The highest BCUT2D eigenvalue weighted by atomic mass is 32.2. The molecule has 1 heterocycles. The Balaban J connectivity index is 2.44. The highest BCUT2D eigenvalue weighted by Gasteiger charge is 2.19. The zero-order valence-electron chi connectivity index (χ0n) is 10.4. The van der Waals surface area contributed by atoms with Crippen molar-refractivity contribution in [2.24, 2.45) is 0 Å². The first-order valence-electron chi connectivity index (χ1n) is 5.43. The number of aromatic nitrogens is 1. The molecule has 0 aliphatic rings. The van der Waals surface area contributed by atoms with Crippen LogP contribution < -0.4 is 9.46 Å². The van der Waals surface area contributed by atoms with Crippen LogP contribution in [-0.2, 0) is 10.0 Å². The Morgan fingerprint density at radius 1 is 1.35 bits per heavy atom. The Hall–Kier alpha value is -2.35. The van der Waals surface area contributed by atoms with Crippen molar-refractivity contribution >= 4 is 15.7 Å². The lowest BCUT2D eigenvalue weighted by Gasteiger charge is -2.12. The van der Waals surface area contributed by atoms with Gasteiger partial charge in [-0.1, -0.05) is 6.07 Å². The van der Waals surface area contributed by atoms with Crippen molar-refractivity contribution in [3.05, 3.63) is 42.5 Å². The van der Waals surface area contributed by atoms with Crippen LogP contribution in [0.2, 0.25) is 0 Å². The van der Waals surface area contributed by atoms with Gasteiger partial charge >= 0.3 is 0 Å². The molecule has 0 bridgehead atoms. The molecule has 0 aliphatic heterocycles. The second-order valence-corrected chi connectivity index (χ2v) is 5.48. The van der Waals surface area contributed by atoms with Crippen molar-refractivity contribution < 1.29 is 22.7 Å². The number of hydrogen-bond acceptors (Lipinski definition) is 5. The Morgan fingerprint density at radius 3 is 2.75 bits per heavy atom. The van der Waals surface area contributed by atoms with E-state index in [1.165, 1.54) is 25.3 Å². The number of benzene rings is 1. The summed E-state index contributed by atoms with van der Waals surface area (Å²) in [5.41, 5.74) is -0.126. The average Bonchev–Trinajstić information content (AvgIpc) is 2.41. The van der Waals surface area contributed by atoms with Crippen LogP contribution >= 0.6 is 0 Å². The molecule has 6 nitrogen and oxygen atoms in total. The Labute approximate surface area is 114 Å². The molecule has 2 N–H and O–H groups in total. The lowest BCUT2D eigenvalue weighted by molar-refractivity contribution is 0.411. The lowest BCUT2D eigenvalue weighted by atomic mass is 10.3. The normalized spacial score (nSPS) is 11.1. The van der Waals surface area contributed by atoms with Crippen LogP contribution in [0, 0.1) is 5.82 Å². The predicted molar refractivity (Wildman–Crippen MR) is 69.7 cm³/mol. The monoisotopic (exact) mass is 298 g/mol. The van der Waals surface area contributed by atoms with Crippen molar-refractivity contribution in [3.63, 3.8) is 0 Å². The summed E-state index contributed by atoms with van der Waals surface area (Å²) in [5.74, 6) is -0.952. The molecule has 0 unspecified atom stereocenters. The summed E-state index contributed by atoms with van der Waals surface area (Å²) in [6.45, 7) is 0. The number of phenols is 1. The minimum Gasteiger partial charge on any atom is -0.506 e. The summed E-state index contributed by atoms with van der Waals surface area (Å²) in [6.07, 6.45) is 1.89. The van der Waals surface area contributed by atoms with Gasteiger partial charge in [0.2, 0.25) is 0 Å². The number of sulfonamides is 1. The molecule has 0 radical (unpaired) electrons. The average molecular weight is 298 g/mol. The molecule has 2 rings (SSSR count). The van der Waals surface area contributed by atoms with Gasteiger partial charge in [-0.25, -0.2) is 12.8 Å². The molecule has 0 amide bonds. The highest BCUT2D eigenvalue weighted by Crippen LogP contribution is 2.34. The van der Waals surface area contributed by atoms with Gasteiger partial charge in [0.1, 0.15) is 27.9 Å². The van der Waals surface area contributed by atoms with Gasteiger partial charge in [-0.05, 0) is 18.2 Å². The number of nitrogens with one attached hydrogen (secondary N) is 1. The van der Waals surface area contributed by atoms with Crippen molar-refractivity contribution in [2.75, 3.05) is 11.8 Å². The van der Waals surface area contributed by atoms with Crippen LogP contribution in [0.25, 0.3) is 0 Å². The van der Waals surface area contributed by atoms with E-state index >= 15 is 0 Å². The van der Waals surface area contributed by atoms with E-state index in [4.69, 9.17) is 4.74 Å². The topological polar surface area (TPSA) is 88.5 Å². The van der Waals surface area contributed by atoms with Gasteiger partial charge in [-0.2, -0.15) is 0 Å². The first kappa shape index (κ1) is 14.1. The van der Waals surface area contributed by atoms with E-state index in [-0.39, 0.29) is 22.1 Å². The molecular weight excluding hydrogens is 287 g/mol. The van der Waals surface area contributed by atoms with Crippen LogP contribution in [0.5, 0.6) is 11.5 Å². The van der Waals surface area contributed by atoms with Gasteiger partial charge in [0.25, 0.3) is 10.0 Å². The predicted octanol–water partition coefficient (Wildman–Crippen LogP) is 1.74. The molecule has 0 aliphatic carbocycles. The Kier molecular flexibility index (Phi) is 3.75. The summed E-state index contributed by atoms with van der Waals surface area (Å²) in [5, 5.41) is 9.69. The second-order valence-electron chi connectivity index (χ2n) is 3.80. The van der Waals surface area contributed by atoms with Crippen molar-refractivity contribution in [3.8, 4) is 11.5 Å². The quantitative estimate of drug-likeness (QED) is 0.839. The summed E-state index contributed by atoms with van der Waals surface area (Å²) >= 11 is 0. The van der Waals surface area contributed by atoms with Gasteiger partial charge in [-0.15, -0.1) is 0 Å². The van der Waals surface area contributed by atoms with Crippen LogP contribution in [0.4, 0.5) is 10.1 Å². The number of rotatable bonds is 4. The summed E-state index contributed by atoms with van der Waals surface area (Å²) in [7, 11) is -2.75. The fourth-order valence-electron chi connectivity index (χ4n) is 1.52. The van der Waals surface area contributed by atoms with E-state index in [1.807, 2.05) is 0 Å². The van der Waals surface area contributed by atoms with E-state index in [2.05, 4.69) is 9.71 Å². The first-order chi connectivity index (χ1) is 9.44. The molecule has 1 aromatic heterocycles. The van der Waals surface area contributed by atoms with Crippen molar-refractivity contribution in [2.45, 2.75) is 4.90 Å². The highest BCUT2D eigenvalue weighted by molar-refractivity contribution is 7.92. The zero-order chi connectivity index (χ0) is 14.8. The third kappa shape index (κ3) is 2.80. The number of nitrogens with zero attached hydrogens (tertiary/aromatic N) is 1. The van der Waals surface area contributed by atoms with Crippen LogP contribution in [0.3, 0.4) is 0 Å². The summed E-state index contributed by atoms with van der Waals surface area (Å²) in [6, 6.07) is 5.09. The number of anilines is 1. The summed E-state index contributed by atoms with van der Waals surface area (Å²) < 4.78 is 44.3. The zero-order valence-corrected chi connectivity index (χ0v) is 11.2. The number of aromatic hydroxyl groups is 1. The maximum atomic E-state index is 13.0. The Morgan fingerprint density at radius 2 is 2.10 bits per heavy atom. The minimum atomic E-state index is -4.08. The molecular formula is C12H11FN2O4S. The fraction of sp³-hybridized carbons (Fsp3) is 0.0833. The van der Waals surface area contributed by atoms with Gasteiger partial charge in [0, 0.05) is 6.20 Å². The molecule has 8 heteroatoms. The van der Waals surface area contributed by atoms with Crippen LogP contribution in [-0.4, -0.2) is 25.6 Å². The van der Waals surface area contributed by atoms with E-state index in [0.717, 1.165) is 18.5 Å². The van der Waals surface area contributed by atoms with E-state index in [1.54, 1.807) is 0 Å².